The lowest BCUT2D eigenvalue weighted by Gasteiger charge is -2.26. The number of aromatic nitrogens is 2. The third-order valence-electron chi connectivity index (χ3n) is 5.11. The van der Waals surface area contributed by atoms with Crippen LogP contribution in [0.25, 0.3) is 5.69 Å². The van der Waals surface area contributed by atoms with Crippen LogP contribution in [0.1, 0.15) is 34.8 Å². The van der Waals surface area contributed by atoms with Crippen molar-refractivity contribution < 1.29 is 9.53 Å². The molecule has 5 nitrogen and oxygen atoms in total. The number of ether oxygens (including phenoxy) is 1. The molecular weight excluding hydrogens is 442 g/mol. The molecule has 0 unspecified atom stereocenters. The first-order valence-corrected chi connectivity index (χ1v) is 11.6. The van der Waals surface area contributed by atoms with E-state index in [2.05, 4.69) is 0 Å². The van der Waals surface area contributed by atoms with Crippen LogP contribution in [0, 0.1) is 6.92 Å². The summed E-state index contributed by atoms with van der Waals surface area (Å²) in [6.07, 6.45) is 0. The molecule has 4 rings (SSSR count). The van der Waals surface area contributed by atoms with Gasteiger partial charge in [0.2, 0.25) is 5.88 Å². The maximum absolute atomic E-state index is 13.2. The molecule has 0 aliphatic carbocycles. The number of amides is 1. The van der Waals surface area contributed by atoms with E-state index < -0.39 is 0 Å². The minimum atomic E-state index is -0.000644. The number of nitrogens with zero attached hydrogens (tertiary/aromatic N) is 3. The van der Waals surface area contributed by atoms with Gasteiger partial charge in [-0.1, -0.05) is 35.9 Å². The Balaban J connectivity index is 1.77. The monoisotopic (exact) mass is 465 g/mol. The van der Waals surface area contributed by atoms with Crippen LogP contribution in [0.3, 0.4) is 0 Å². The van der Waals surface area contributed by atoms with E-state index in [1.54, 1.807) is 16.8 Å². The van der Waals surface area contributed by atoms with Crippen LogP contribution in [0.4, 0.5) is 0 Å². The van der Waals surface area contributed by atoms with Crippen molar-refractivity contribution in [2.24, 2.45) is 0 Å². The predicted octanol–water partition coefficient (Wildman–Crippen LogP) is 6.74. The van der Waals surface area contributed by atoms with E-state index >= 15 is 0 Å². The van der Waals surface area contributed by atoms with E-state index in [1.807, 2.05) is 85.6 Å². The molecule has 0 radical (unpaired) electrons. The SMILES string of the molecule is Cc1nn(-c2ccccc2)c(Oc2ccc(Cl)cc2)c1CN(C(=O)c1cccs1)C(C)C. The van der Waals surface area contributed by atoms with Crippen molar-refractivity contribution in [1.82, 2.24) is 14.7 Å². The molecule has 164 valence electrons. The number of aryl methyl sites for hydroxylation is 1. The molecule has 0 saturated heterocycles. The summed E-state index contributed by atoms with van der Waals surface area (Å²) in [7, 11) is 0. The van der Waals surface area contributed by atoms with Gasteiger partial charge in [-0.25, -0.2) is 4.68 Å². The number of carbonyl (C=O) groups is 1. The molecule has 0 aliphatic heterocycles. The second-order valence-electron chi connectivity index (χ2n) is 7.68. The molecule has 0 aliphatic rings. The van der Waals surface area contributed by atoms with Gasteiger partial charge in [-0.15, -0.1) is 11.3 Å². The number of hydrogen-bond acceptors (Lipinski definition) is 4. The molecule has 2 aromatic carbocycles. The average Bonchev–Trinajstić information content (AvgIpc) is 3.43. The van der Waals surface area contributed by atoms with E-state index in [9.17, 15) is 4.79 Å². The summed E-state index contributed by atoms with van der Waals surface area (Å²) in [5, 5.41) is 7.31. The van der Waals surface area contributed by atoms with Crippen LogP contribution in [-0.4, -0.2) is 26.6 Å². The summed E-state index contributed by atoms with van der Waals surface area (Å²) in [6.45, 7) is 6.36. The van der Waals surface area contributed by atoms with Crippen molar-refractivity contribution in [1.29, 1.82) is 0 Å². The molecule has 2 aromatic heterocycles. The van der Waals surface area contributed by atoms with Crippen molar-refractivity contribution in [3.63, 3.8) is 0 Å². The van der Waals surface area contributed by atoms with Gasteiger partial charge in [-0.2, -0.15) is 5.10 Å². The Morgan fingerprint density at radius 2 is 1.81 bits per heavy atom. The Morgan fingerprint density at radius 3 is 2.44 bits per heavy atom. The minimum Gasteiger partial charge on any atom is -0.439 e. The van der Waals surface area contributed by atoms with Crippen LogP contribution in [-0.2, 0) is 6.54 Å². The highest BCUT2D eigenvalue weighted by Gasteiger charge is 2.26. The molecule has 32 heavy (non-hydrogen) atoms. The Morgan fingerprint density at radius 1 is 1.09 bits per heavy atom. The highest BCUT2D eigenvalue weighted by molar-refractivity contribution is 7.12. The summed E-state index contributed by atoms with van der Waals surface area (Å²) in [5.74, 6) is 1.23. The number of benzene rings is 2. The van der Waals surface area contributed by atoms with Gasteiger partial charge in [0.25, 0.3) is 5.91 Å². The lowest BCUT2D eigenvalue weighted by molar-refractivity contribution is 0.0694. The van der Waals surface area contributed by atoms with E-state index in [-0.39, 0.29) is 11.9 Å². The molecule has 0 saturated carbocycles. The van der Waals surface area contributed by atoms with E-state index in [0.29, 0.717) is 28.1 Å². The molecule has 2 heterocycles. The smallest absolute Gasteiger partial charge is 0.264 e. The second-order valence-corrected chi connectivity index (χ2v) is 9.06. The zero-order valence-corrected chi connectivity index (χ0v) is 19.7. The molecule has 1 amide bonds. The summed E-state index contributed by atoms with van der Waals surface area (Å²) in [6, 6.07) is 20.8. The van der Waals surface area contributed by atoms with Gasteiger partial charge < -0.3 is 9.64 Å². The van der Waals surface area contributed by atoms with Crippen LogP contribution >= 0.6 is 22.9 Å². The largest absolute Gasteiger partial charge is 0.439 e. The van der Waals surface area contributed by atoms with E-state index in [1.165, 1.54) is 11.3 Å². The topological polar surface area (TPSA) is 47.4 Å². The maximum atomic E-state index is 13.2. The van der Waals surface area contributed by atoms with Crippen molar-refractivity contribution >= 4 is 28.8 Å². The molecule has 4 aromatic rings. The number of halogens is 1. The van der Waals surface area contributed by atoms with E-state index in [4.69, 9.17) is 21.4 Å². The van der Waals surface area contributed by atoms with Crippen LogP contribution in [0.5, 0.6) is 11.6 Å². The average molecular weight is 466 g/mol. The van der Waals surface area contributed by atoms with Crippen molar-refractivity contribution in [2.45, 2.75) is 33.4 Å². The van der Waals surface area contributed by atoms with Gasteiger partial charge in [0, 0.05) is 11.1 Å². The first-order chi connectivity index (χ1) is 15.4. The van der Waals surface area contributed by atoms with Crippen LogP contribution in [0.15, 0.2) is 72.1 Å². The van der Waals surface area contributed by atoms with E-state index in [0.717, 1.165) is 16.9 Å². The van der Waals surface area contributed by atoms with Gasteiger partial charge >= 0.3 is 0 Å². The zero-order chi connectivity index (χ0) is 22.7. The molecule has 7 heteroatoms. The van der Waals surface area contributed by atoms with Gasteiger partial charge in [0.1, 0.15) is 5.75 Å². The lowest BCUT2D eigenvalue weighted by Crippen LogP contribution is -2.36. The normalized spacial score (nSPS) is 11.0. The van der Waals surface area contributed by atoms with Gasteiger partial charge in [-0.3, -0.25) is 4.79 Å². The summed E-state index contributed by atoms with van der Waals surface area (Å²) < 4.78 is 8.11. The number of hydrogen-bond donors (Lipinski definition) is 0. The third-order valence-corrected chi connectivity index (χ3v) is 6.22. The minimum absolute atomic E-state index is 0.000644. The Labute approximate surface area is 196 Å². The zero-order valence-electron chi connectivity index (χ0n) is 18.2. The molecule has 0 bridgehead atoms. The number of thiophene rings is 1. The van der Waals surface area contributed by atoms with Gasteiger partial charge in [0.05, 0.1) is 28.4 Å². The first kappa shape index (κ1) is 22.1. The number of carbonyl (C=O) groups excluding carboxylic acids is 1. The molecular formula is C25H24ClN3O2S. The Kier molecular flexibility index (Phi) is 6.63. The predicted molar refractivity (Wildman–Crippen MR) is 129 cm³/mol. The first-order valence-electron chi connectivity index (χ1n) is 10.4. The molecule has 0 N–H and O–H groups in total. The van der Waals surface area contributed by atoms with Crippen LogP contribution in [0.2, 0.25) is 5.02 Å². The highest BCUT2D eigenvalue weighted by Crippen LogP contribution is 2.33. The number of rotatable bonds is 7. The van der Waals surface area contributed by atoms with Gasteiger partial charge in [0.15, 0.2) is 0 Å². The van der Waals surface area contributed by atoms with Crippen molar-refractivity contribution in [3.05, 3.63) is 93.3 Å². The van der Waals surface area contributed by atoms with Crippen molar-refractivity contribution in [3.8, 4) is 17.3 Å². The van der Waals surface area contributed by atoms with Crippen LogP contribution < -0.4 is 4.74 Å². The lowest BCUT2D eigenvalue weighted by atomic mass is 10.2. The summed E-state index contributed by atoms with van der Waals surface area (Å²) in [4.78, 5) is 15.8. The Bertz CT molecular complexity index is 1190. The van der Waals surface area contributed by atoms with Gasteiger partial charge in [-0.05, 0) is 68.6 Å². The standard InChI is InChI=1S/C25H24ClN3O2S/c1-17(2)28(24(30)23-10-7-15-32-23)16-22-18(3)27-29(20-8-5-4-6-9-20)25(22)31-21-13-11-19(26)12-14-21/h4-15,17H,16H2,1-3H3. The number of para-hydroxylation sites is 1. The van der Waals surface area contributed by atoms with Crippen molar-refractivity contribution in [2.75, 3.05) is 0 Å². The summed E-state index contributed by atoms with van der Waals surface area (Å²) >= 11 is 7.49. The fraction of sp³-hybridized carbons (Fsp3) is 0.200. The second kappa shape index (κ2) is 9.59. The molecule has 0 fully saturated rings. The fourth-order valence-corrected chi connectivity index (χ4v) is 4.19. The fourth-order valence-electron chi connectivity index (χ4n) is 3.38. The summed E-state index contributed by atoms with van der Waals surface area (Å²) in [5.41, 5.74) is 2.55. The molecule has 0 spiro atoms. The Hall–Kier alpha value is -3.09. The maximum Gasteiger partial charge on any atom is 0.264 e. The highest BCUT2D eigenvalue weighted by atomic mass is 35.5. The third kappa shape index (κ3) is 4.71. The molecule has 0 atom stereocenters. The quantitative estimate of drug-likeness (QED) is 0.303.